The van der Waals surface area contributed by atoms with Gasteiger partial charge < -0.3 is 17.2 Å². The number of benzene rings is 1. The Morgan fingerprint density at radius 2 is 1.76 bits per heavy atom. The zero-order valence-electron chi connectivity index (χ0n) is 8.51. The second-order valence-corrected chi connectivity index (χ2v) is 4.74. The second kappa shape index (κ2) is 4.29. The maximum absolute atomic E-state index is 11.5. The van der Waals surface area contributed by atoms with E-state index in [9.17, 15) is 18.0 Å². The molecule has 0 saturated carbocycles. The Morgan fingerprint density at radius 1 is 1.18 bits per heavy atom. The molecular formula is C8H10N4O4S. The number of sulfonamides is 1. The van der Waals surface area contributed by atoms with E-state index in [1.807, 2.05) is 0 Å². The lowest BCUT2D eigenvalue weighted by atomic mass is 10.2. The molecular weight excluding hydrogens is 248 g/mol. The van der Waals surface area contributed by atoms with Gasteiger partial charge in [0.15, 0.2) is 0 Å². The molecule has 0 aliphatic heterocycles. The monoisotopic (exact) mass is 258 g/mol. The summed E-state index contributed by atoms with van der Waals surface area (Å²) in [6.45, 7) is 0. The normalized spacial score (nSPS) is 10.8. The van der Waals surface area contributed by atoms with Gasteiger partial charge in [-0.05, 0) is 18.2 Å². The van der Waals surface area contributed by atoms with Gasteiger partial charge in [0.25, 0.3) is 10.0 Å². The van der Waals surface area contributed by atoms with E-state index in [1.54, 1.807) is 0 Å². The van der Waals surface area contributed by atoms with Gasteiger partial charge in [-0.25, -0.2) is 17.9 Å². The SMILES string of the molecule is NC(=O)NS(=O)(=O)c1ccc(C(N)=O)cc1N. The number of urea groups is 1. The van der Waals surface area contributed by atoms with Crippen LogP contribution in [-0.4, -0.2) is 20.4 Å². The van der Waals surface area contributed by atoms with E-state index in [1.165, 1.54) is 10.8 Å². The van der Waals surface area contributed by atoms with Crippen molar-refractivity contribution in [1.82, 2.24) is 4.72 Å². The first kappa shape index (κ1) is 12.8. The number of anilines is 1. The third-order valence-electron chi connectivity index (χ3n) is 1.82. The number of amides is 3. The minimum absolute atomic E-state index is 0.0560. The number of rotatable bonds is 3. The molecule has 3 amide bonds. The van der Waals surface area contributed by atoms with Crippen LogP contribution in [0.4, 0.5) is 10.5 Å². The van der Waals surface area contributed by atoms with Crippen LogP contribution in [0.1, 0.15) is 10.4 Å². The first-order chi connectivity index (χ1) is 7.74. The van der Waals surface area contributed by atoms with Crippen LogP contribution in [0, 0.1) is 0 Å². The van der Waals surface area contributed by atoms with Crippen molar-refractivity contribution >= 4 is 27.6 Å². The van der Waals surface area contributed by atoms with Gasteiger partial charge in [0, 0.05) is 5.56 Å². The Balaban J connectivity index is 3.25. The summed E-state index contributed by atoms with van der Waals surface area (Å²) in [7, 11) is -4.13. The van der Waals surface area contributed by atoms with Crippen LogP contribution in [0.15, 0.2) is 23.1 Å². The quantitative estimate of drug-likeness (QED) is 0.496. The molecule has 9 heteroatoms. The summed E-state index contributed by atoms with van der Waals surface area (Å²) in [5.74, 6) is -0.747. The summed E-state index contributed by atoms with van der Waals surface area (Å²) in [6, 6.07) is 2.09. The predicted molar refractivity (Wildman–Crippen MR) is 59.3 cm³/mol. The summed E-state index contributed by atoms with van der Waals surface area (Å²) < 4.78 is 24.6. The maximum atomic E-state index is 11.5. The summed E-state index contributed by atoms with van der Waals surface area (Å²) in [5.41, 5.74) is 15.0. The van der Waals surface area contributed by atoms with Crippen molar-refractivity contribution in [1.29, 1.82) is 0 Å². The molecule has 0 aliphatic carbocycles. The smallest absolute Gasteiger partial charge is 0.326 e. The fourth-order valence-electron chi connectivity index (χ4n) is 1.13. The molecule has 0 aromatic heterocycles. The van der Waals surface area contributed by atoms with Crippen molar-refractivity contribution in [3.63, 3.8) is 0 Å². The first-order valence-corrected chi connectivity index (χ1v) is 5.74. The molecule has 0 heterocycles. The molecule has 0 fully saturated rings. The number of carbonyl (C=O) groups is 2. The molecule has 7 N–H and O–H groups in total. The highest BCUT2D eigenvalue weighted by molar-refractivity contribution is 7.90. The molecule has 1 rings (SSSR count). The fraction of sp³-hybridized carbons (Fsp3) is 0. The van der Waals surface area contributed by atoms with Crippen molar-refractivity contribution < 1.29 is 18.0 Å². The van der Waals surface area contributed by atoms with Gasteiger partial charge in [-0.2, -0.15) is 0 Å². The average Bonchev–Trinajstić information content (AvgIpc) is 2.14. The summed E-state index contributed by atoms with van der Waals surface area (Å²) >= 11 is 0. The second-order valence-electron chi connectivity index (χ2n) is 3.09. The standard InChI is InChI=1S/C8H10N4O4S/c9-5-3-4(7(10)13)1-2-6(5)17(15,16)12-8(11)14/h1-3H,9H2,(H2,10,13)(H3,11,12,14). The molecule has 0 saturated heterocycles. The lowest BCUT2D eigenvalue weighted by Crippen LogP contribution is -2.35. The van der Waals surface area contributed by atoms with Crippen molar-refractivity contribution in [2.24, 2.45) is 11.5 Å². The van der Waals surface area contributed by atoms with E-state index in [0.29, 0.717) is 0 Å². The van der Waals surface area contributed by atoms with Crippen LogP contribution >= 0.6 is 0 Å². The van der Waals surface area contributed by atoms with Gasteiger partial charge in [-0.1, -0.05) is 0 Å². The van der Waals surface area contributed by atoms with Crippen molar-refractivity contribution in [3.8, 4) is 0 Å². The van der Waals surface area contributed by atoms with Gasteiger partial charge in [-0.3, -0.25) is 4.79 Å². The Labute approximate surface area is 96.8 Å². The molecule has 92 valence electrons. The Morgan fingerprint density at radius 3 is 2.18 bits per heavy atom. The third-order valence-corrected chi connectivity index (χ3v) is 3.24. The highest BCUT2D eigenvalue weighted by atomic mass is 32.2. The van der Waals surface area contributed by atoms with Crippen LogP contribution in [-0.2, 0) is 10.0 Å². The van der Waals surface area contributed by atoms with E-state index in [0.717, 1.165) is 12.1 Å². The van der Waals surface area contributed by atoms with Gasteiger partial charge in [0.05, 0.1) is 5.69 Å². The van der Waals surface area contributed by atoms with Gasteiger partial charge in [-0.15, -0.1) is 0 Å². The van der Waals surface area contributed by atoms with E-state index >= 15 is 0 Å². The fourth-order valence-corrected chi connectivity index (χ4v) is 2.13. The first-order valence-electron chi connectivity index (χ1n) is 4.25. The highest BCUT2D eigenvalue weighted by Gasteiger charge is 2.19. The molecule has 0 atom stereocenters. The van der Waals surface area contributed by atoms with E-state index in [-0.39, 0.29) is 16.1 Å². The Hall–Kier alpha value is -2.29. The van der Waals surface area contributed by atoms with E-state index < -0.39 is 22.0 Å². The Kier molecular flexibility index (Phi) is 3.23. The van der Waals surface area contributed by atoms with Crippen molar-refractivity contribution in [3.05, 3.63) is 23.8 Å². The zero-order valence-corrected chi connectivity index (χ0v) is 9.32. The van der Waals surface area contributed by atoms with Crippen LogP contribution in [0.5, 0.6) is 0 Å². The zero-order chi connectivity index (χ0) is 13.2. The minimum atomic E-state index is -4.13. The van der Waals surface area contributed by atoms with Crippen LogP contribution in [0.25, 0.3) is 0 Å². The molecule has 1 aromatic rings. The Bertz CT molecular complexity index is 581. The van der Waals surface area contributed by atoms with Gasteiger partial charge >= 0.3 is 6.03 Å². The number of hydrogen-bond acceptors (Lipinski definition) is 5. The summed E-state index contributed by atoms with van der Waals surface area (Å²) in [5, 5.41) is 0. The molecule has 0 unspecified atom stereocenters. The molecule has 8 nitrogen and oxygen atoms in total. The average molecular weight is 258 g/mol. The van der Waals surface area contributed by atoms with Crippen LogP contribution in [0.2, 0.25) is 0 Å². The largest absolute Gasteiger partial charge is 0.398 e. The number of nitrogen functional groups attached to an aromatic ring is 1. The van der Waals surface area contributed by atoms with E-state index in [4.69, 9.17) is 17.2 Å². The third kappa shape index (κ3) is 2.84. The van der Waals surface area contributed by atoms with E-state index in [2.05, 4.69) is 0 Å². The lowest BCUT2D eigenvalue weighted by Gasteiger charge is -2.08. The van der Waals surface area contributed by atoms with Crippen LogP contribution < -0.4 is 21.9 Å². The molecule has 17 heavy (non-hydrogen) atoms. The van der Waals surface area contributed by atoms with Crippen molar-refractivity contribution in [2.45, 2.75) is 4.90 Å². The number of nitrogens with two attached hydrogens (primary N) is 3. The predicted octanol–water partition coefficient (Wildman–Crippen LogP) is -1.28. The molecule has 0 aliphatic rings. The molecule has 1 aromatic carbocycles. The summed E-state index contributed by atoms with van der Waals surface area (Å²) in [6.07, 6.45) is 0. The molecule has 0 spiro atoms. The lowest BCUT2D eigenvalue weighted by molar-refractivity contribution is 0.1000. The van der Waals surface area contributed by atoms with Crippen LogP contribution in [0.3, 0.4) is 0 Å². The molecule has 0 bridgehead atoms. The van der Waals surface area contributed by atoms with Crippen molar-refractivity contribution in [2.75, 3.05) is 5.73 Å². The van der Waals surface area contributed by atoms with Gasteiger partial charge in [0.1, 0.15) is 4.90 Å². The highest BCUT2D eigenvalue weighted by Crippen LogP contribution is 2.19. The number of primary amides is 2. The maximum Gasteiger partial charge on any atom is 0.326 e. The minimum Gasteiger partial charge on any atom is -0.398 e. The van der Waals surface area contributed by atoms with Gasteiger partial charge in [0.2, 0.25) is 5.91 Å². The topological polar surface area (TPSA) is 158 Å². The summed E-state index contributed by atoms with van der Waals surface area (Å²) in [4.78, 5) is 21.0. The number of nitrogens with one attached hydrogen (secondary N) is 1. The number of hydrogen-bond donors (Lipinski definition) is 4. The number of carbonyl (C=O) groups excluding carboxylic acids is 2. The molecule has 0 radical (unpaired) electrons.